The highest BCUT2D eigenvalue weighted by Crippen LogP contribution is 2.33. The molecule has 0 saturated heterocycles. The lowest BCUT2D eigenvalue weighted by Crippen LogP contribution is -2.65. The maximum absolute atomic E-state index is 13.5. The number of hydrogen-bond donors (Lipinski definition) is 12. The van der Waals surface area contributed by atoms with Crippen LogP contribution in [-0.4, -0.2) is 201 Å². The van der Waals surface area contributed by atoms with Crippen molar-refractivity contribution in [2.45, 2.75) is 100 Å². The molecule has 7 rings (SSSR count). The molecular formula is C72H102F9N18O5+3. The third kappa shape index (κ3) is 27.8. The predicted octanol–water partition coefficient (Wildman–Crippen LogP) is 4.21. The average Bonchev–Trinajstić information content (AvgIpc) is 0.813. The Hall–Kier alpha value is -8.09. The van der Waals surface area contributed by atoms with Crippen LogP contribution in [0.15, 0.2) is 122 Å². The van der Waals surface area contributed by atoms with E-state index < -0.39 is 83.4 Å². The molecule has 0 aliphatic carbocycles. The van der Waals surface area contributed by atoms with Gasteiger partial charge in [-0.05, 0) is 127 Å². The number of quaternary nitrogens is 3. The van der Waals surface area contributed by atoms with Gasteiger partial charge in [0, 0.05) is 99.8 Å². The molecule has 4 atom stereocenters. The van der Waals surface area contributed by atoms with E-state index in [1.807, 2.05) is 30.3 Å². The van der Waals surface area contributed by atoms with Gasteiger partial charge in [0.05, 0.1) is 117 Å². The topological polar surface area (TPSA) is 408 Å². The number of ketones is 3. The monoisotopic (exact) mass is 1470 g/mol. The number of Topliss-reactive ketones (excluding diaryl/α,β-unsaturated/α-hetero) is 3. The highest BCUT2D eigenvalue weighted by atomic mass is 19.4. The molecule has 0 saturated carbocycles. The standard InChI is InChI=1S/C30H39F3N8O3.2C21H31F3N5O/c31-30(32,33)23-7-5-20(6-8-23)16-26(27(42)17-21-15-22-3-1-2-4-25(22)38-19-21)39-29(44)24(37)18-28(43)40-41(12-9-34,13-10-35)14-11-36;2*1-29(9-6-25,10-7-26)8-2-3-18(27)20(30)12-15-11-16-13-17(21(22,23)24)4-5-19(16)28-14-15/h1-8,15,19,24,26H,9-14,16-18,34-37H2,(H-,39,40,43,44);2*4-5,11,13-14,18H,2-3,6-10,12,25-27H2,1H3/q;2*+1/p+1/t24-,26-;2*18-/m010/s1. The lowest BCUT2D eigenvalue weighted by Gasteiger charge is -2.37. The van der Waals surface area contributed by atoms with Crippen LogP contribution in [0.2, 0.25) is 0 Å². The van der Waals surface area contributed by atoms with E-state index in [1.165, 1.54) is 36.7 Å². The van der Waals surface area contributed by atoms with Gasteiger partial charge in [-0.25, -0.2) is 10.0 Å². The first-order chi connectivity index (χ1) is 49.0. The van der Waals surface area contributed by atoms with Gasteiger partial charge in [-0.2, -0.15) is 39.5 Å². The zero-order valence-corrected chi connectivity index (χ0v) is 58.9. The number of aromatic nitrogens is 3. The Balaban J connectivity index is 0.000000289. The summed E-state index contributed by atoms with van der Waals surface area (Å²) in [4.78, 5) is 77.2. The van der Waals surface area contributed by atoms with E-state index in [4.69, 9.17) is 57.3 Å². The second-order valence-corrected chi connectivity index (χ2v) is 26.7. The number of halogens is 9. The van der Waals surface area contributed by atoms with Crippen molar-refractivity contribution in [3.8, 4) is 0 Å². The van der Waals surface area contributed by atoms with E-state index in [0.717, 1.165) is 108 Å². The van der Waals surface area contributed by atoms with Crippen LogP contribution in [-0.2, 0) is 68.2 Å². The molecule has 7 aromatic rings. The first-order valence-electron chi connectivity index (χ1n) is 34.4. The molecule has 3 heterocycles. The Morgan fingerprint density at radius 2 is 0.788 bits per heavy atom. The van der Waals surface area contributed by atoms with Gasteiger partial charge in [0.1, 0.15) is 19.6 Å². The second-order valence-electron chi connectivity index (χ2n) is 26.7. The number of alkyl halides is 9. The summed E-state index contributed by atoms with van der Waals surface area (Å²) < 4.78 is 118. The number of nitrogens with zero attached hydrogens (tertiary/aromatic N) is 6. The van der Waals surface area contributed by atoms with Crippen molar-refractivity contribution in [3.05, 3.63) is 161 Å². The third-order valence-electron chi connectivity index (χ3n) is 18.0. The number of rotatable bonds is 38. The largest absolute Gasteiger partial charge is 0.416 e. The summed E-state index contributed by atoms with van der Waals surface area (Å²) in [5.41, 5.74) is 62.3. The van der Waals surface area contributed by atoms with Crippen LogP contribution < -0.4 is 68.1 Å². The van der Waals surface area contributed by atoms with Crippen molar-refractivity contribution in [2.24, 2.45) is 57.3 Å². The number of pyridine rings is 3. The normalized spacial score (nSPS) is 13.5. The average molecular weight is 1470 g/mol. The van der Waals surface area contributed by atoms with Crippen molar-refractivity contribution in [1.29, 1.82) is 0 Å². The summed E-state index contributed by atoms with van der Waals surface area (Å²) in [6.07, 6.45) is -6.74. The number of carbonyl (C=O) groups is 5. The molecule has 23 nitrogen and oxygen atoms in total. The van der Waals surface area contributed by atoms with Crippen molar-refractivity contribution in [3.63, 3.8) is 0 Å². The van der Waals surface area contributed by atoms with Crippen LogP contribution in [0, 0.1) is 0 Å². The second kappa shape index (κ2) is 40.4. The Bertz CT molecular complexity index is 3730. The first kappa shape index (κ1) is 86.6. The molecule has 0 aliphatic rings. The van der Waals surface area contributed by atoms with Gasteiger partial charge in [0.25, 0.3) is 5.91 Å². The maximum atomic E-state index is 13.5. The molecule has 0 fully saturated rings. The maximum Gasteiger partial charge on any atom is 0.416 e. The summed E-state index contributed by atoms with van der Waals surface area (Å²) in [7, 11) is 4.17. The van der Waals surface area contributed by atoms with E-state index in [9.17, 15) is 63.5 Å². The summed E-state index contributed by atoms with van der Waals surface area (Å²) in [6.45, 7) is 9.02. The zero-order chi connectivity index (χ0) is 77.1. The molecule has 2 amide bonds. The van der Waals surface area contributed by atoms with E-state index >= 15 is 0 Å². The molecule has 0 bridgehead atoms. The molecule has 0 aliphatic heterocycles. The fourth-order valence-electron chi connectivity index (χ4n) is 12.2. The van der Waals surface area contributed by atoms with Gasteiger partial charge in [-0.1, -0.05) is 30.3 Å². The summed E-state index contributed by atoms with van der Waals surface area (Å²) >= 11 is 0. The number of carbonyl (C=O) groups excluding carboxylic acids is 5. The molecule has 570 valence electrons. The van der Waals surface area contributed by atoms with Crippen molar-refractivity contribution in [2.75, 3.05) is 119 Å². The number of para-hydroxylation sites is 1. The quantitative estimate of drug-likeness (QED) is 0.0146. The van der Waals surface area contributed by atoms with Crippen LogP contribution in [0.4, 0.5) is 39.5 Å². The van der Waals surface area contributed by atoms with E-state index in [2.05, 4.69) is 39.8 Å². The molecule has 22 N–H and O–H groups in total. The first-order valence-corrected chi connectivity index (χ1v) is 34.4. The SMILES string of the molecule is C[N+](CCN)(CCN)CCC[C@@H](N)C(=O)Cc1cnc2ccc(C(F)(F)F)cc2c1.C[N+](CCN)(CCN)CCC[C@H](N)C(=O)Cc1cnc2ccc(C(F)(F)F)cc2c1.NCC[N+](CCN)(CCN)NC(=O)C[C@H](N)C(=O)N[C@@H](Cc1ccc(C(F)(F)F)cc1)C(=O)Cc1cnc2ccccc2c1. The molecular weight excluding hydrogens is 1370 g/mol. The van der Waals surface area contributed by atoms with Gasteiger partial charge >= 0.3 is 18.5 Å². The summed E-state index contributed by atoms with van der Waals surface area (Å²) in [5.74, 6) is -2.02. The Morgan fingerprint density at radius 1 is 0.423 bits per heavy atom. The smallest absolute Gasteiger partial charge is 0.345 e. The van der Waals surface area contributed by atoms with Crippen LogP contribution >= 0.6 is 0 Å². The van der Waals surface area contributed by atoms with Gasteiger partial charge in [-0.3, -0.25) is 38.9 Å². The fraction of sp³-hybridized carbons (Fsp3) is 0.472. The highest BCUT2D eigenvalue weighted by molar-refractivity contribution is 5.94. The van der Waals surface area contributed by atoms with Gasteiger partial charge in [0.15, 0.2) is 17.3 Å². The number of nitrogens with two attached hydrogens (primary N) is 10. The summed E-state index contributed by atoms with van der Waals surface area (Å²) in [5, 5.41) is 4.13. The molecule has 4 aromatic carbocycles. The molecule has 104 heavy (non-hydrogen) atoms. The van der Waals surface area contributed by atoms with Crippen molar-refractivity contribution in [1.82, 2.24) is 25.7 Å². The van der Waals surface area contributed by atoms with E-state index in [1.54, 1.807) is 18.3 Å². The van der Waals surface area contributed by atoms with Gasteiger partial charge in [-0.15, -0.1) is 0 Å². The van der Waals surface area contributed by atoms with Crippen LogP contribution in [0.5, 0.6) is 0 Å². The molecule has 3 aromatic heterocycles. The Kier molecular flexibility index (Phi) is 33.6. The Labute approximate surface area is 599 Å². The zero-order valence-electron chi connectivity index (χ0n) is 58.9. The molecule has 0 unspecified atom stereocenters. The Morgan fingerprint density at radius 3 is 1.18 bits per heavy atom. The minimum absolute atomic E-state index is 0.0332. The molecule has 32 heteroatoms. The number of hydrogen-bond acceptors (Lipinski definition) is 18. The van der Waals surface area contributed by atoms with Gasteiger partial charge < -0.3 is 71.6 Å². The lowest BCUT2D eigenvalue weighted by atomic mass is 9.96. The van der Waals surface area contributed by atoms with Crippen molar-refractivity contribution >= 4 is 61.9 Å². The number of nitrogens with one attached hydrogen (secondary N) is 2. The van der Waals surface area contributed by atoms with Crippen LogP contribution in [0.1, 0.15) is 71.0 Å². The number of benzene rings is 4. The highest BCUT2D eigenvalue weighted by Gasteiger charge is 2.35. The third-order valence-corrected chi connectivity index (χ3v) is 18.0. The minimum atomic E-state index is -4.52. The molecule has 0 spiro atoms. The van der Waals surface area contributed by atoms with Crippen LogP contribution in [0.3, 0.4) is 0 Å². The van der Waals surface area contributed by atoms with Crippen LogP contribution in [0.25, 0.3) is 32.7 Å². The van der Waals surface area contributed by atoms with E-state index in [0.29, 0.717) is 103 Å². The fourth-order valence-corrected chi connectivity index (χ4v) is 12.2. The minimum Gasteiger partial charge on any atom is -0.345 e. The number of fused-ring (bicyclic) bond motifs is 3. The lowest BCUT2D eigenvalue weighted by molar-refractivity contribution is -0.957. The summed E-state index contributed by atoms with van der Waals surface area (Å²) in [6, 6.07) is 19.7. The van der Waals surface area contributed by atoms with Crippen molar-refractivity contribution < 1.29 is 77.0 Å². The predicted molar refractivity (Wildman–Crippen MR) is 383 cm³/mol. The number of likely N-dealkylation sites (N-methyl/N-ethyl adjacent to an activating group) is 2. The molecule has 0 radical (unpaired) electrons. The van der Waals surface area contributed by atoms with Gasteiger partial charge in [0.2, 0.25) is 5.91 Å². The van der Waals surface area contributed by atoms with E-state index in [-0.39, 0.29) is 61.5 Å². The number of amides is 2.